The van der Waals surface area contributed by atoms with Crippen molar-refractivity contribution in [3.05, 3.63) is 0 Å². The van der Waals surface area contributed by atoms with Crippen LogP contribution < -0.4 is 0 Å². The second-order valence-corrected chi connectivity index (χ2v) is 10.0. The molecule has 0 aliphatic carbocycles. The maximum Gasteiger partial charge on any atom is 0.177 e. The van der Waals surface area contributed by atoms with Crippen LogP contribution in [0.15, 0.2) is 0 Å². The topological polar surface area (TPSA) is 68.3 Å². The molecule has 0 bridgehead atoms. The average molecular weight is 341 g/mol. The van der Waals surface area contributed by atoms with E-state index in [1.807, 2.05) is 0 Å². The number of Topliss-reactive ketones (excluding diaryl/α,β-unsaturated/α-hetero) is 2. The van der Waals surface area contributed by atoms with Gasteiger partial charge >= 0.3 is 0 Å². The minimum absolute atomic E-state index is 0.395. The maximum atomic E-state index is 12.0. The highest BCUT2D eigenvalue weighted by molar-refractivity contribution is 9.11. The number of hydrogen-bond donors (Lipinski definition) is 0. The summed E-state index contributed by atoms with van der Waals surface area (Å²) in [7, 11) is -3.81. The lowest BCUT2D eigenvalue weighted by Crippen LogP contribution is -2.39. The molecule has 106 valence electrons. The van der Waals surface area contributed by atoms with Crippen molar-refractivity contribution in [2.45, 2.75) is 45.7 Å². The third-order valence-electron chi connectivity index (χ3n) is 2.43. The van der Waals surface area contributed by atoms with Crippen molar-refractivity contribution in [3.63, 3.8) is 0 Å². The molecule has 18 heavy (non-hydrogen) atoms. The van der Waals surface area contributed by atoms with Gasteiger partial charge in [0.2, 0.25) is 0 Å². The van der Waals surface area contributed by atoms with E-state index in [9.17, 15) is 18.0 Å². The van der Waals surface area contributed by atoms with Crippen LogP contribution in [0.25, 0.3) is 0 Å². The first kappa shape index (κ1) is 17.8. The highest BCUT2D eigenvalue weighted by Gasteiger charge is 2.39. The van der Waals surface area contributed by atoms with Crippen LogP contribution in [0.3, 0.4) is 0 Å². The smallest absolute Gasteiger partial charge is 0.177 e. The van der Waals surface area contributed by atoms with E-state index in [0.717, 1.165) is 0 Å². The Morgan fingerprint density at radius 1 is 1.00 bits per heavy atom. The van der Waals surface area contributed by atoms with Crippen LogP contribution in [0.1, 0.15) is 41.5 Å². The molecule has 0 saturated heterocycles. The third-order valence-corrected chi connectivity index (χ3v) is 6.06. The van der Waals surface area contributed by atoms with E-state index < -0.39 is 42.1 Å². The molecule has 0 radical (unpaired) electrons. The molecule has 0 saturated carbocycles. The molecule has 0 rings (SSSR count). The Morgan fingerprint density at radius 3 is 1.67 bits per heavy atom. The molecule has 0 N–H and O–H groups in total. The molecule has 0 aromatic heterocycles. The Bertz CT molecular complexity index is 438. The van der Waals surface area contributed by atoms with Gasteiger partial charge in [-0.15, -0.1) is 0 Å². The van der Waals surface area contributed by atoms with Crippen molar-refractivity contribution in [1.82, 2.24) is 0 Å². The Labute approximate surface area is 118 Å². The number of sulfone groups is 1. The first-order valence-electron chi connectivity index (χ1n) is 5.63. The molecule has 0 aliphatic rings. The van der Waals surface area contributed by atoms with Crippen molar-refractivity contribution in [1.29, 1.82) is 0 Å². The van der Waals surface area contributed by atoms with Crippen molar-refractivity contribution in [2.24, 2.45) is 10.8 Å². The second kappa shape index (κ2) is 5.41. The molecular formula is C12H21BrO4S. The van der Waals surface area contributed by atoms with E-state index in [2.05, 4.69) is 15.9 Å². The van der Waals surface area contributed by atoms with Crippen LogP contribution in [-0.4, -0.2) is 29.9 Å². The minimum Gasteiger partial charge on any atom is -0.298 e. The van der Waals surface area contributed by atoms with Crippen LogP contribution in [0, 0.1) is 10.8 Å². The van der Waals surface area contributed by atoms with Crippen molar-refractivity contribution in [3.8, 4) is 0 Å². The lowest BCUT2D eigenvalue weighted by Gasteiger charge is -2.22. The second-order valence-electron chi connectivity index (χ2n) is 6.41. The third kappa shape index (κ3) is 4.80. The summed E-state index contributed by atoms with van der Waals surface area (Å²) in [6.07, 6.45) is 0. The largest absolute Gasteiger partial charge is 0.298 e. The number of halogens is 1. The summed E-state index contributed by atoms with van der Waals surface area (Å²) in [5, 5.41) is 0. The summed E-state index contributed by atoms with van der Waals surface area (Å²) < 4.78 is 22.7. The maximum absolute atomic E-state index is 12.0. The zero-order valence-corrected chi connectivity index (χ0v) is 14.1. The fourth-order valence-corrected chi connectivity index (χ4v) is 3.68. The lowest BCUT2D eigenvalue weighted by atomic mass is 9.92. The monoisotopic (exact) mass is 340 g/mol. The van der Waals surface area contributed by atoms with Crippen LogP contribution in [0.4, 0.5) is 0 Å². The first-order valence-corrected chi connectivity index (χ1v) is 8.26. The number of carbonyl (C=O) groups excluding carboxylic acids is 2. The highest BCUT2D eigenvalue weighted by Crippen LogP contribution is 2.26. The van der Waals surface area contributed by atoms with Crippen LogP contribution >= 0.6 is 15.9 Å². The minimum atomic E-state index is -3.81. The van der Waals surface area contributed by atoms with Crippen molar-refractivity contribution >= 4 is 37.3 Å². The molecule has 1 atom stereocenters. The number of hydrogen-bond acceptors (Lipinski definition) is 4. The number of alkyl halides is 1. The van der Waals surface area contributed by atoms with E-state index in [0.29, 0.717) is 0 Å². The van der Waals surface area contributed by atoms with Gasteiger partial charge in [0.15, 0.2) is 25.6 Å². The molecule has 0 aromatic carbocycles. The van der Waals surface area contributed by atoms with Gasteiger partial charge in [-0.05, 0) is 0 Å². The molecule has 0 heterocycles. The van der Waals surface area contributed by atoms with Crippen LogP contribution in [0.5, 0.6) is 0 Å². The molecule has 0 amide bonds. The zero-order valence-electron chi connectivity index (χ0n) is 11.7. The average Bonchev–Trinajstić information content (AvgIpc) is 2.11. The Balaban J connectivity index is 5.09. The predicted molar refractivity (Wildman–Crippen MR) is 75.4 cm³/mol. The van der Waals surface area contributed by atoms with Crippen LogP contribution in [0.2, 0.25) is 0 Å². The molecule has 0 spiro atoms. The number of ketones is 2. The summed E-state index contributed by atoms with van der Waals surface area (Å²) in [5.74, 6) is -1.45. The van der Waals surface area contributed by atoms with E-state index in [-0.39, 0.29) is 0 Å². The van der Waals surface area contributed by atoms with Gasteiger partial charge in [0, 0.05) is 10.8 Å². The summed E-state index contributed by atoms with van der Waals surface area (Å²) in [4.78, 5) is 23.7. The van der Waals surface area contributed by atoms with Gasteiger partial charge in [0.25, 0.3) is 0 Å². The van der Waals surface area contributed by atoms with Crippen LogP contribution in [-0.2, 0) is 19.4 Å². The standard InChI is InChI=1S/C12H21BrO4S/c1-11(2,3)8(14)7-18(16,17)10(13)9(15)12(4,5)6/h10H,7H2,1-6H3. The number of carbonyl (C=O) groups is 2. The highest BCUT2D eigenvalue weighted by atomic mass is 79.9. The van der Waals surface area contributed by atoms with Gasteiger partial charge in [0.05, 0.1) is 0 Å². The van der Waals surface area contributed by atoms with E-state index in [4.69, 9.17) is 0 Å². The summed E-state index contributed by atoms with van der Waals surface area (Å²) in [6, 6.07) is 0. The Morgan fingerprint density at radius 2 is 1.39 bits per heavy atom. The van der Waals surface area contributed by atoms with Crippen molar-refractivity contribution in [2.75, 3.05) is 5.75 Å². The fraction of sp³-hybridized carbons (Fsp3) is 0.833. The van der Waals surface area contributed by atoms with Crippen molar-refractivity contribution < 1.29 is 18.0 Å². The van der Waals surface area contributed by atoms with Gasteiger partial charge in [-0.2, -0.15) is 0 Å². The quantitative estimate of drug-likeness (QED) is 0.736. The summed E-state index contributed by atoms with van der Waals surface area (Å²) in [6.45, 7) is 9.89. The molecule has 0 fully saturated rings. The molecule has 6 heteroatoms. The van der Waals surface area contributed by atoms with Gasteiger partial charge < -0.3 is 0 Å². The Kier molecular flexibility index (Phi) is 5.34. The summed E-state index contributed by atoms with van der Waals surface area (Å²) in [5.41, 5.74) is -1.50. The lowest BCUT2D eigenvalue weighted by molar-refractivity contribution is -0.124. The fourth-order valence-electron chi connectivity index (χ4n) is 0.976. The molecular weight excluding hydrogens is 320 g/mol. The molecule has 4 nitrogen and oxygen atoms in total. The normalized spacial score (nSPS) is 15.3. The Hall–Kier alpha value is -0.230. The molecule has 1 unspecified atom stereocenters. The summed E-state index contributed by atoms with van der Waals surface area (Å²) >= 11 is 2.91. The van der Waals surface area contributed by atoms with E-state index in [1.54, 1.807) is 41.5 Å². The van der Waals surface area contributed by atoms with E-state index in [1.165, 1.54) is 0 Å². The van der Waals surface area contributed by atoms with Gasteiger partial charge in [-0.3, -0.25) is 9.59 Å². The predicted octanol–water partition coefficient (Wildman–Crippen LogP) is 2.35. The number of rotatable bonds is 4. The SMILES string of the molecule is CC(C)(C)C(=O)CS(=O)(=O)C(Br)C(=O)C(C)(C)C. The molecule has 0 aliphatic heterocycles. The molecule has 0 aromatic rings. The van der Waals surface area contributed by atoms with Gasteiger partial charge in [-0.25, -0.2) is 8.42 Å². The zero-order chi connectivity index (χ0) is 14.9. The van der Waals surface area contributed by atoms with Gasteiger partial charge in [0.1, 0.15) is 5.75 Å². The van der Waals surface area contributed by atoms with Gasteiger partial charge in [-0.1, -0.05) is 57.5 Å². The first-order chi connectivity index (χ1) is 7.69. The van der Waals surface area contributed by atoms with E-state index >= 15 is 0 Å².